The second kappa shape index (κ2) is 10.9. The Morgan fingerprint density at radius 2 is 1.80 bits per heavy atom. The van der Waals surface area contributed by atoms with Crippen molar-refractivity contribution in [3.8, 4) is 0 Å². The van der Waals surface area contributed by atoms with Crippen LogP contribution in [0.5, 0.6) is 0 Å². The second-order valence-electron chi connectivity index (χ2n) is 9.69. The van der Waals surface area contributed by atoms with Crippen LogP contribution >= 0.6 is 0 Å². The third-order valence-corrected chi connectivity index (χ3v) is 8.11. The molecule has 0 aromatic heterocycles. The topological polar surface area (TPSA) is 57.0 Å². The fourth-order valence-electron chi connectivity index (χ4n) is 4.29. The van der Waals surface area contributed by atoms with Gasteiger partial charge >= 0.3 is 5.97 Å². The smallest absolute Gasteiger partial charge is 0.311 e. The number of carbonyl (C=O) groups is 1. The maximum atomic E-state index is 13.1. The standard InChI is InChI=1S/C24H37NO4S/c1-24(2,3)20-10-8-19(9-11-20)18-30(27)22-7-5-4-6-21(22)29-23(26)12-13-25-14-16-28-17-15-25/h8-11,21-22H,4-7,12-18H2,1-3H3/p+1/t21-,22-,30-/m0/s1. The summed E-state index contributed by atoms with van der Waals surface area (Å²) in [6, 6.07) is 8.46. The van der Waals surface area contributed by atoms with Crippen molar-refractivity contribution in [3.63, 3.8) is 0 Å². The molecule has 1 saturated carbocycles. The van der Waals surface area contributed by atoms with Gasteiger partial charge in [0.1, 0.15) is 19.2 Å². The Morgan fingerprint density at radius 1 is 1.13 bits per heavy atom. The summed E-state index contributed by atoms with van der Waals surface area (Å²) < 4.78 is 24.4. The number of quaternary nitrogens is 1. The number of benzene rings is 1. The van der Waals surface area contributed by atoms with Crippen LogP contribution in [0.1, 0.15) is 64.0 Å². The number of hydrogen-bond donors (Lipinski definition) is 1. The molecule has 1 aromatic rings. The van der Waals surface area contributed by atoms with E-state index >= 15 is 0 Å². The van der Waals surface area contributed by atoms with Crippen LogP contribution in [0.15, 0.2) is 24.3 Å². The van der Waals surface area contributed by atoms with Crippen molar-refractivity contribution in [1.82, 2.24) is 0 Å². The summed E-state index contributed by atoms with van der Waals surface area (Å²) in [4.78, 5) is 13.8. The molecule has 0 amide bonds. The summed E-state index contributed by atoms with van der Waals surface area (Å²) in [7, 11) is -1.04. The Kier molecular flexibility index (Phi) is 8.49. The summed E-state index contributed by atoms with van der Waals surface area (Å²) in [5, 5.41) is -0.0549. The van der Waals surface area contributed by atoms with E-state index in [1.807, 2.05) is 0 Å². The molecule has 2 fully saturated rings. The molecule has 5 nitrogen and oxygen atoms in total. The predicted octanol–water partition coefficient (Wildman–Crippen LogP) is 2.39. The van der Waals surface area contributed by atoms with Crippen LogP contribution in [0.3, 0.4) is 0 Å². The highest BCUT2D eigenvalue weighted by Crippen LogP contribution is 2.28. The van der Waals surface area contributed by atoms with E-state index in [-0.39, 0.29) is 22.7 Å². The Bertz CT molecular complexity index is 707. The van der Waals surface area contributed by atoms with Gasteiger partial charge in [0.15, 0.2) is 0 Å². The number of carbonyl (C=O) groups excluding carboxylic acids is 1. The molecule has 30 heavy (non-hydrogen) atoms. The van der Waals surface area contributed by atoms with Gasteiger partial charge in [-0.1, -0.05) is 51.5 Å². The molecule has 1 N–H and O–H groups in total. The maximum absolute atomic E-state index is 13.1. The monoisotopic (exact) mass is 436 g/mol. The van der Waals surface area contributed by atoms with Gasteiger partial charge in [-0.05, 0) is 35.8 Å². The van der Waals surface area contributed by atoms with Crippen LogP contribution in [0.25, 0.3) is 0 Å². The molecule has 168 valence electrons. The van der Waals surface area contributed by atoms with Crippen molar-refractivity contribution >= 4 is 16.8 Å². The molecule has 3 atom stereocenters. The lowest BCUT2D eigenvalue weighted by Crippen LogP contribution is -3.14. The average Bonchev–Trinajstić information content (AvgIpc) is 2.73. The zero-order chi connectivity index (χ0) is 21.6. The molecule has 2 aliphatic rings. The van der Waals surface area contributed by atoms with Crippen molar-refractivity contribution in [3.05, 3.63) is 35.4 Å². The number of morpholine rings is 1. The van der Waals surface area contributed by atoms with Gasteiger partial charge in [0.2, 0.25) is 0 Å². The van der Waals surface area contributed by atoms with Gasteiger partial charge in [0.25, 0.3) is 0 Å². The molecule has 1 aliphatic carbocycles. The molecule has 0 radical (unpaired) electrons. The highest BCUT2D eigenvalue weighted by atomic mass is 32.2. The summed E-state index contributed by atoms with van der Waals surface area (Å²) in [5.41, 5.74) is 2.49. The van der Waals surface area contributed by atoms with Crippen LogP contribution in [-0.2, 0) is 36.2 Å². The summed E-state index contributed by atoms with van der Waals surface area (Å²) in [6.45, 7) is 10.8. The Balaban J connectivity index is 1.52. The first-order valence-electron chi connectivity index (χ1n) is 11.4. The minimum absolute atomic E-state index is 0.0549. The molecule has 1 aromatic carbocycles. The molecule has 0 bridgehead atoms. The molecule has 1 heterocycles. The van der Waals surface area contributed by atoms with Gasteiger partial charge in [-0.25, -0.2) is 0 Å². The lowest BCUT2D eigenvalue weighted by molar-refractivity contribution is -0.907. The fourth-order valence-corrected chi connectivity index (χ4v) is 5.98. The van der Waals surface area contributed by atoms with Crippen LogP contribution in [-0.4, -0.2) is 54.4 Å². The molecule has 6 heteroatoms. The van der Waals surface area contributed by atoms with Gasteiger partial charge in [-0.3, -0.25) is 9.00 Å². The first kappa shape index (κ1) is 23.4. The van der Waals surface area contributed by atoms with E-state index in [0.717, 1.165) is 64.1 Å². The second-order valence-corrected chi connectivity index (χ2v) is 11.3. The fraction of sp³-hybridized carbons (Fsp3) is 0.708. The zero-order valence-corrected chi connectivity index (χ0v) is 19.6. The third-order valence-electron chi connectivity index (χ3n) is 6.27. The number of hydrogen-bond acceptors (Lipinski definition) is 4. The van der Waals surface area contributed by atoms with Gasteiger partial charge in [-0.2, -0.15) is 0 Å². The van der Waals surface area contributed by atoms with Crippen LogP contribution < -0.4 is 4.90 Å². The summed E-state index contributed by atoms with van der Waals surface area (Å²) in [6.07, 6.45) is 4.03. The molecular formula is C24H38NO4S+. The lowest BCUT2D eigenvalue weighted by atomic mass is 9.87. The van der Waals surface area contributed by atoms with E-state index in [9.17, 15) is 9.00 Å². The van der Waals surface area contributed by atoms with E-state index in [0.29, 0.717) is 12.2 Å². The van der Waals surface area contributed by atoms with Crippen molar-refractivity contribution in [2.45, 2.75) is 75.4 Å². The van der Waals surface area contributed by atoms with Crippen molar-refractivity contribution in [2.24, 2.45) is 0 Å². The quantitative estimate of drug-likeness (QED) is 0.667. The van der Waals surface area contributed by atoms with Gasteiger partial charge in [0, 0.05) is 16.6 Å². The maximum Gasteiger partial charge on any atom is 0.311 e. The lowest BCUT2D eigenvalue weighted by Gasteiger charge is -2.31. The Labute approximate surface area is 184 Å². The largest absolute Gasteiger partial charge is 0.461 e. The zero-order valence-electron chi connectivity index (χ0n) is 18.8. The minimum atomic E-state index is -1.04. The Morgan fingerprint density at radius 3 is 2.47 bits per heavy atom. The minimum Gasteiger partial charge on any atom is -0.461 e. The van der Waals surface area contributed by atoms with Gasteiger partial charge < -0.3 is 14.4 Å². The predicted molar refractivity (Wildman–Crippen MR) is 120 cm³/mol. The highest BCUT2D eigenvalue weighted by molar-refractivity contribution is 7.84. The first-order chi connectivity index (χ1) is 14.3. The van der Waals surface area contributed by atoms with E-state index in [1.165, 1.54) is 10.5 Å². The van der Waals surface area contributed by atoms with Crippen molar-refractivity contribution in [2.75, 3.05) is 32.8 Å². The molecule has 1 saturated heterocycles. The molecular weight excluding hydrogens is 398 g/mol. The van der Waals surface area contributed by atoms with Crippen LogP contribution in [0.2, 0.25) is 0 Å². The van der Waals surface area contributed by atoms with Crippen LogP contribution in [0.4, 0.5) is 0 Å². The highest BCUT2D eigenvalue weighted by Gasteiger charge is 2.33. The van der Waals surface area contributed by atoms with Crippen LogP contribution in [0, 0.1) is 0 Å². The van der Waals surface area contributed by atoms with E-state index in [2.05, 4.69) is 45.0 Å². The Hall–Kier alpha value is -1.24. The third kappa shape index (κ3) is 6.89. The molecule has 1 aliphatic heterocycles. The molecule has 0 unspecified atom stereocenters. The van der Waals surface area contributed by atoms with Crippen molar-refractivity contribution in [1.29, 1.82) is 0 Å². The SMILES string of the molecule is CC(C)(C)c1ccc(C[S@](=O)[C@H]2CCCC[C@@H]2OC(=O)CC[NH+]2CCOCC2)cc1. The van der Waals surface area contributed by atoms with E-state index in [4.69, 9.17) is 9.47 Å². The summed E-state index contributed by atoms with van der Waals surface area (Å²) >= 11 is 0. The number of nitrogens with one attached hydrogen (secondary N) is 1. The summed E-state index contributed by atoms with van der Waals surface area (Å²) in [5.74, 6) is 0.388. The van der Waals surface area contributed by atoms with Gasteiger partial charge in [0.05, 0.1) is 31.4 Å². The number of ether oxygens (including phenoxy) is 2. The van der Waals surface area contributed by atoms with E-state index in [1.54, 1.807) is 0 Å². The van der Waals surface area contributed by atoms with Gasteiger partial charge in [-0.15, -0.1) is 0 Å². The molecule has 0 spiro atoms. The number of rotatable bonds is 7. The van der Waals surface area contributed by atoms with Crippen molar-refractivity contribution < 1.29 is 23.4 Å². The number of esters is 1. The molecule has 3 rings (SSSR count). The normalized spacial score (nSPS) is 24.4. The van der Waals surface area contributed by atoms with E-state index < -0.39 is 10.8 Å². The average molecular weight is 437 g/mol. The first-order valence-corrected chi connectivity index (χ1v) is 12.8.